The first-order valence-corrected chi connectivity index (χ1v) is 10.2. The van der Waals surface area contributed by atoms with E-state index in [1.807, 2.05) is 24.3 Å². The molecule has 28 heavy (non-hydrogen) atoms. The van der Waals surface area contributed by atoms with Crippen molar-refractivity contribution in [3.05, 3.63) is 47.3 Å². The first kappa shape index (κ1) is 20.3. The van der Waals surface area contributed by atoms with Crippen molar-refractivity contribution in [1.82, 2.24) is 15.5 Å². The number of amides is 1. The van der Waals surface area contributed by atoms with Crippen LogP contribution in [0.1, 0.15) is 63.6 Å². The molecular formula is C23H31N3O2. The van der Waals surface area contributed by atoms with E-state index in [0.717, 1.165) is 30.7 Å². The molecule has 150 valence electrons. The highest BCUT2D eigenvalue weighted by Crippen LogP contribution is 2.58. The van der Waals surface area contributed by atoms with Crippen LogP contribution in [0, 0.1) is 17.3 Å². The third-order valence-corrected chi connectivity index (χ3v) is 5.75. The topological polar surface area (TPSA) is 68.0 Å². The molecule has 1 fully saturated rings. The fourth-order valence-electron chi connectivity index (χ4n) is 3.74. The Bertz CT molecular complexity index is 845. The Kier molecular flexibility index (Phi) is 6.01. The molecule has 1 N–H and O–H groups in total. The lowest BCUT2D eigenvalue weighted by molar-refractivity contribution is 0.0950. The number of carbonyl (C=O) groups is 1. The Morgan fingerprint density at radius 3 is 2.61 bits per heavy atom. The second-order valence-corrected chi connectivity index (χ2v) is 8.60. The van der Waals surface area contributed by atoms with Gasteiger partial charge in [0.05, 0.1) is 0 Å². The molecule has 2 unspecified atom stereocenters. The molecule has 1 aliphatic rings. The predicted octanol–water partition coefficient (Wildman–Crippen LogP) is 5.05. The van der Waals surface area contributed by atoms with Gasteiger partial charge in [0.2, 0.25) is 0 Å². The Morgan fingerprint density at radius 2 is 1.96 bits per heavy atom. The summed E-state index contributed by atoms with van der Waals surface area (Å²) in [5.74, 6) is 2.23. The molecule has 2 aromatic rings. The lowest BCUT2D eigenvalue weighted by Gasteiger charge is -2.06. The Hall–Kier alpha value is -2.43. The summed E-state index contributed by atoms with van der Waals surface area (Å²) in [6, 6.07) is 7.34. The fraction of sp³-hybridized carbons (Fsp3) is 0.522. The summed E-state index contributed by atoms with van der Waals surface area (Å²) in [5, 5.41) is 7.10. The second kappa shape index (κ2) is 8.29. The van der Waals surface area contributed by atoms with E-state index in [1.54, 1.807) is 0 Å². The third-order valence-electron chi connectivity index (χ3n) is 5.75. The van der Waals surface area contributed by atoms with Crippen molar-refractivity contribution < 1.29 is 9.32 Å². The minimum atomic E-state index is -0.0423. The minimum Gasteiger partial charge on any atom is -0.352 e. The van der Waals surface area contributed by atoms with E-state index in [1.165, 1.54) is 5.57 Å². The average molecular weight is 382 g/mol. The molecule has 5 nitrogen and oxygen atoms in total. The van der Waals surface area contributed by atoms with Gasteiger partial charge in [0.1, 0.15) is 0 Å². The molecule has 3 rings (SSSR count). The van der Waals surface area contributed by atoms with E-state index < -0.39 is 0 Å². The molecule has 0 saturated heterocycles. The zero-order chi connectivity index (χ0) is 20.3. The number of aromatic nitrogens is 2. The van der Waals surface area contributed by atoms with Crippen LogP contribution in [0.25, 0.3) is 11.5 Å². The first-order chi connectivity index (χ1) is 13.3. The van der Waals surface area contributed by atoms with E-state index in [2.05, 4.69) is 56.2 Å². The van der Waals surface area contributed by atoms with Crippen molar-refractivity contribution in [2.24, 2.45) is 17.3 Å². The first-order valence-electron chi connectivity index (χ1n) is 10.2. The molecule has 1 heterocycles. The minimum absolute atomic E-state index is 0.0423. The summed E-state index contributed by atoms with van der Waals surface area (Å²) < 4.78 is 5.33. The molecule has 0 radical (unpaired) electrons. The van der Waals surface area contributed by atoms with Crippen LogP contribution in [0.5, 0.6) is 0 Å². The summed E-state index contributed by atoms with van der Waals surface area (Å²) in [6.45, 7) is 11.6. The van der Waals surface area contributed by atoms with Crippen LogP contribution in [0.4, 0.5) is 0 Å². The van der Waals surface area contributed by atoms with Gasteiger partial charge in [-0.2, -0.15) is 4.98 Å². The van der Waals surface area contributed by atoms with Crippen LogP contribution in [-0.4, -0.2) is 22.6 Å². The molecule has 1 saturated carbocycles. The van der Waals surface area contributed by atoms with Crippen LogP contribution in [0.15, 0.2) is 40.4 Å². The highest BCUT2D eigenvalue weighted by molar-refractivity contribution is 5.94. The Labute approximate surface area is 167 Å². The number of allylic oxidation sites excluding steroid dienone is 2. The summed E-state index contributed by atoms with van der Waals surface area (Å²) in [4.78, 5) is 16.9. The van der Waals surface area contributed by atoms with Crippen molar-refractivity contribution in [2.75, 3.05) is 6.54 Å². The van der Waals surface area contributed by atoms with Gasteiger partial charge in [-0.3, -0.25) is 4.79 Å². The van der Waals surface area contributed by atoms with Crippen LogP contribution >= 0.6 is 0 Å². The lowest BCUT2D eigenvalue weighted by Crippen LogP contribution is -2.26. The van der Waals surface area contributed by atoms with Gasteiger partial charge < -0.3 is 9.84 Å². The van der Waals surface area contributed by atoms with Gasteiger partial charge in [-0.1, -0.05) is 44.0 Å². The number of nitrogens with zero attached hydrogens (tertiary/aromatic N) is 2. The molecule has 1 aromatic carbocycles. The molecule has 1 aromatic heterocycles. The smallest absolute Gasteiger partial charge is 0.257 e. The van der Waals surface area contributed by atoms with Crippen molar-refractivity contribution >= 4 is 5.91 Å². The quantitative estimate of drug-likeness (QED) is 0.650. The largest absolute Gasteiger partial charge is 0.352 e. The number of aryl methyl sites for hydroxylation is 1. The van der Waals surface area contributed by atoms with Crippen LogP contribution in [0.2, 0.25) is 0 Å². The summed E-state index contributed by atoms with van der Waals surface area (Å²) >= 11 is 0. The van der Waals surface area contributed by atoms with Gasteiger partial charge in [-0.15, -0.1) is 0 Å². The van der Waals surface area contributed by atoms with Gasteiger partial charge in [0.15, 0.2) is 5.82 Å². The van der Waals surface area contributed by atoms with Crippen LogP contribution < -0.4 is 5.32 Å². The Morgan fingerprint density at radius 1 is 1.25 bits per heavy atom. The van der Waals surface area contributed by atoms with E-state index >= 15 is 0 Å². The molecule has 1 amide bonds. The van der Waals surface area contributed by atoms with Gasteiger partial charge in [0.25, 0.3) is 11.8 Å². The van der Waals surface area contributed by atoms with E-state index in [9.17, 15) is 4.79 Å². The number of nitrogens with one attached hydrogen (secondary N) is 1. The van der Waals surface area contributed by atoms with Crippen molar-refractivity contribution in [3.63, 3.8) is 0 Å². The highest BCUT2D eigenvalue weighted by atomic mass is 16.5. The zero-order valence-electron chi connectivity index (χ0n) is 17.6. The van der Waals surface area contributed by atoms with E-state index in [-0.39, 0.29) is 11.3 Å². The summed E-state index contributed by atoms with van der Waals surface area (Å²) in [5.41, 5.74) is 3.06. The number of unbranched alkanes of at least 4 members (excludes halogenated alkanes) is 1. The van der Waals surface area contributed by atoms with Crippen molar-refractivity contribution in [1.29, 1.82) is 0 Å². The molecule has 1 aliphatic carbocycles. The number of hydrogen-bond acceptors (Lipinski definition) is 4. The highest BCUT2D eigenvalue weighted by Gasteiger charge is 2.55. The van der Waals surface area contributed by atoms with E-state index in [0.29, 0.717) is 29.8 Å². The normalized spacial score (nSPS) is 19.9. The standard InChI is InChI=1S/C23H31N3O2/c1-6-7-8-20-25-22(28-26-20)17-11-9-16(10-12-17)21(27)24-14-19-18(13-15(2)3)23(19,4)5/h9-13,18-19H,6-8,14H2,1-5H3,(H,24,27). The SMILES string of the molecule is CCCCc1noc(-c2ccc(C(=O)NCC3C(C=C(C)C)C3(C)C)cc2)n1. The second-order valence-electron chi connectivity index (χ2n) is 8.60. The molecule has 5 heteroatoms. The van der Waals surface area contributed by atoms with Crippen LogP contribution in [0.3, 0.4) is 0 Å². The van der Waals surface area contributed by atoms with Gasteiger partial charge in [-0.05, 0) is 61.8 Å². The molecule has 0 spiro atoms. The van der Waals surface area contributed by atoms with Crippen LogP contribution in [-0.2, 0) is 6.42 Å². The monoisotopic (exact) mass is 381 g/mol. The average Bonchev–Trinajstić information content (AvgIpc) is 3.00. The maximum Gasteiger partial charge on any atom is 0.257 e. The van der Waals surface area contributed by atoms with Crippen molar-refractivity contribution in [3.8, 4) is 11.5 Å². The Balaban J connectivity index is 1.57. The zero-order valence-corrected chi connectivity index (χ0v) is 17.6. The number of rotatable bonds is 8. The number of hydrogen-bond donors (Lipinski definition) is 1. The van der Waals surface area contributed by atoms with Gasteiger partial charge in [0, 0.05) is 24.1 Å². The lowest BCUT2D eigenvalue weighted by atomic mass is 10.1. The van der Waals surface area contributed by atoms with Gasteiger partial charge >= 0.3 is 0 Å². The van der Waals surface area contributed by atoms with Gasteiger partial charge in [-0.25, -0.2) is 0 Å². The molecule has 0 aliphatic heterocycles. The molecular weight excluding hydrogens is 350 g/mol. The fourth-order valence-corrected chi connectivity index (χ4v) is 3.74. The maximum atomic E-state index is 12.5. The maximum absolute atomic E-state index is 12.5. The summed E-state index contributed by atoms with van der Waals surface area (Å²) in [7, 11) is 0. The summed E-state index contributed by atoms with van der Waals surface area (Å²) in [6.07, 6.45) is 5.29. The van der Waals surface area contributed by atoms with E-state index in [4.69, 9.17) is 4.52 Å². The third kappa shape index (κ3) is 4.51. The molecule has 0 bridgehead atoms. The molecule has 2 atom stereocenters. The number of carbonyl (C=O) groups excluding carboxylic acids is 1. The predicted molar refractivity (Wildman–Crippen MR) is 111 cm³/mol. The number of benzene rings is 1. The van der Waals surface area contributed by atoms with Crippen molar-refractivity contribution in [2.45, 2.75) is 53.9 Å².